The maximum atomic E-state index is 12.3. The van der Waals surface area contributed by atoms with E-state index < -0.39 is 22.1 Å². The Hall–Kier alpha value is -1.48. The molecule has 0 aliphatic carbocycles. The van der Waals surface area contributed by atoms with Gasteiger partial charge in [-0.25, -0.2) is 8.42 Å². The van der Waals surface area contributed by atoms with Crippen molar-refractivity contribution in [2.24, 2.45) is 0 Å². The van der Waals surface area contributed by atoms with Crippen LogP contribution in [0, 0.1) is 0 Å². The number of amides is 1. The van der Waals surface area contributed by atoms with E-state index >= 15 is 0 Å². The van der Waals surface area contributed by atoms with Gasteiger partial charge in [-0.1, -0.05) is 12.1 Å². The predicted octanol–water partition coefficient (Wildman–Crippen LogP) is 0.451. The summed E-state index contributed by atoms with van der Waals surface area (Å²) in [7, 11) is -3.37. The zero-order valence-electron chi connectivity index (χ0n) is 12.2. The van der Waals surface area contributed by atoms with Crippen molar-refractivity contribution in [3.05, 3.63) is 12.2 Å². The molecule has 0 unspecified atom stereocenters. The summed E-state index contributed by atoms with van der Waals surface area (Å²) >= 11 is 0. The lowest BCUT2D eigenvalue weighted by Crippen LogP contribution is -2.47. The van der Waals surface area contributed by atoms with Crippen molar-refractivity contribution in [2.45, 2.75) is 45.2 Å². The van der Waals surface area contributed by atoms with Crippen LogP contribution in [0.15, 0.2) is 10.9 Å². The molecule has 8 nitrogen and oxygen atoms in total. The number of nitrogens with one attached hydrogen (secondary N) is 1. The van der Waals surface area contributed by atoms with Crippen LogP contribution in [0.4, 0.5) is 0 Å². The quantitative estimate of drug-likeness (QED) is 0.817. The summed E-state index contributed by atoms with van der Waals surface area (Å²) in [6.07, 6.45) is 2.95. The van der Waals surface area contributed by atoms with E-state index in [1.807, 2.05) is 0 Å². The van der Waals surface area contributed by atoms with Crippen molar-refractivity contribution in [3.8, 4) is 0 Å². The lowest BCUT2D eigenvalue weighted by molar-refractivity contribution is -0.124. The highest BCUT2D eigenvalue weighted by Gasteiger charge is 2.38. The Kier molecular flexibility index (Phi) is 4.94. The normalized spacial score (nSPS) is 21.3. The number of hydrogen-bond donors (Lipinski definition) is 1. The molecule has 0 radical (unpaired) electrons. The molecule has 0 aromatic carbocycles. The molecule has 21 heavy (non-hydrogen) atoms. The predicted molar refractivity (Wildman–Crippen MR) is 74.7 cm³/mol. The van der Waals surface area contributed by atoms with Gasteiger partial charge in [0.05, 0.1) is 11.8 Å². The fraction of sp³-hybridized carbons (Fsp3) is 0.750. The van der Waals surface area contributed by atoms with Crippen molar-refractivity contribution in [1.29, 1.82) is 0 Å². The maximum Gasteiger partial charge on any atom is 0.239 e. The summed E-state index contributed by atoms with van der Waals surface area (Å²) in [6, 6.07) is -1.07. The molecule has 1 aliphatic heterocycles. The van der Waals surface area contributed by atoms with E-state index in [2.05, 4.69) is 20.0 Å². The van der Waals surface area contributed by atoms with Crippen LogP contribution in [-0.4, -0.2) is 47.1 Å². The van der Waals surface area contributed by atoms with Gasteiger partial charge < -0.3 is 9.84 Å². The van der Waals surface area contributed by atoms with Gasteiger partial charge in [-0.2, -0.15) is 9.29 Å². The number of hydrogen-bond acceptors (Lipinski definition) is 6. The third kappa shape index (κ3) is 3.59. The topological polar surface area (TPSA) is 105 Å². The van der Waals surface area contributed by atoms with Crippen molar-refractivity contribution >= 4 is 15.9 Å². The zero-order valence-corrected chi connectivity index (χ0v) is 13.0. The van der Waals surface area contributed by atoms with Crippen molar-refractivity contribution in [3.63, 3.8) is 0 Å². The van der Waals surface area contributed by atoms with Gasteiger partial charge in [0.2, 0.25) is 22.3 Å². The fourth-order valence-corrected chi connectivity index (χ4v) is 4.20. The minimum absolute atomic E-state index is 0.0666. The number of aromatic nitrogens is 2. The second kappa shape index (κ2) is 6.52. The summed E-state index contributed by atoms with van der Waals surface area (Å²) in [5.41, 5.74) is 0. The van der Waals surface area contributed by atoms with Crippen molar-refractivity contribution in [2.75, 3.05) is 12.3 Å². The first kappa shape index (κ1) is 15.9. The average molecular weight is 316 g/mol. The zero-order chi connectivity index (χ0) is 15.5. The smallest absolute Gasteiger partial charge is 0.239 e. The third-order valence-electron chi connectivity index (χ3n) is 3.45. The van der Waals surface area contributed by atoms with E-state index in [1.54, 1.807) is 13.8 Å². The van der Waals surface area contributed by atoms with E-state index in [0.717, 1.165) is 0 Å². The summed E-state index contributed by atoms with van der Waals surface area (Å²) in [4.78, 5) is 16.2. The van der Waals surface area contributed by atoms with E-state index in [-0.39, 0.29) is 11.7 Å². The highest BCUT2D eigenvalue weighted by Crippen LogP contribution is 2.22. The maximum absolute atomic E-state index is 12.3. The van der Waals surface area contributed by atoms with Crippen LogP contribution in [0.3, 0.4) is 0 Å². The molecule has 1 fully saturated rings. The highest BCUT2D eigenvalue weighted by atomic mass is 32.2. The molecule has 118 valence electrons. The monoisotopic (exact) mass is 316 g/mol. The molecular weight excluding hydrogens is 296 g/mol. The number of carbonyl (C=O) groups excluding carboxylic acids is 1. The van der Waals surface area contributed by atoms with Gasteiger partial charge in [0, 0.05) is 6.54 Å². The molecule has 0 saturated carbocycles. The van der Waals surface area contributed by atoms with Gasteiger partial charge in [-0.3, -0.25) is 4.79 Å². The Bertz CT molecular complexity index is 572. The Balaban J connectivity index is 2.04. The van der Waals surface area contributed by atoms with Crippen LogP contribution in [-0.2, 0) is 14.8 Å². The Morgan fingerprint density at radius 1 is 1.62 bits per heavy atom. The molecule has 1 amide bonds. The standard InChI is InChI=1S/C12H20N4O4S/c1-3-7-21(18,19)16-6-4-5-10(16)12(17)14-9(2)11-13-8-20-15-11/h8-10H,3-7H2,1-2H3,(H,14,17)/t9-,10+/m0/s1. The molecular formula is C12H20N4O4S. The van der Waals surface area contributed by atoms with Gasteiger partial charge in [0.1, 0.15) is 6.04 Å². The first-order chi connectivity index (χ1) is 9.95. The lowest BCUT2D eigenvalue weighted by atomic mass is 10.2. The largest absolute Gasteiger partial charge is 0.345 e. The minimum Gasteiger partial charge on any atom is -0.345 e. The third-order valence-corrected chi connectivity index (χ3v) is 5.53. The lowest BCUT2D eigenvalue weighted by Gasteiger charge is -2.24. The van der Waals surface area contributed by atoms with Crippen LogP contribution >= 0.6 is 0 Å². The molecule has 0 bridgehead atoms. The summed E-state index contributed by atoms with van der Waals surface area (Å²) in [6.45, 7) is 3.93. The molecule has 1 N–H and O–H groups in total. The minimum atomic E-state index is -3.37. The van der Waals surface area contributed by atoms with E-state index in [9.17, 15) is 13.2 Å². The van der Waals surface area contributed by atoms with Gasteiger partial charge in [-0.05, 0) is 26.2 Å². The molecule has 1 aliphatic rings. The van der Waals surface area contributed by atoms with Crippen molar-refractivity contribution in [1.82, 2.24) is 19.8 Å². The fourth-order valence-electron chi connectivity index (χ4n) is 2.45. The highest BCUT2D eigenvalue weighted by molar-refractivity contribution is 7.89. The van der Waals surface area contributed by atoms with Gasteiger partial charge >= 0.3 is 0 Å². The van der Waals surface area contributed by atoms with E-state index in [4.69, 9.17) is 0 Å². The van der Waals surface area contributed by atoms with Crippen LogP contribution in [0.2, 0.25) is 0 Å². The molecule has 9 heteroatoms. The number of carbonyl (C=O) groups is 1. The molecule has 1 saturated heterocycles. The van der Waals surface area contributed by atoms with Gasteiger partial charge in [0.25, 0.3) is 0 Å². The first-order valence-electron chi connectivity index (χ1n) is 7.02. The molecule has 1 aromatic rings. The second-order valence-electron chi connectivity index (χ2n) is 5.10. The molecule has 0 spiro atoms. The molecule has 2 atom stereocenters. The summed E-state index contributed by atoms with van der Waals surface area (Å²) in [5, 5.41) is 6.40. The van der Waals surface area contributed by atoms with Crippen molar-refractivity contribution < 1.29 is 17.7 Å². The number of sulfonamides is 1. The van der Waals surface area contributed by atoms with E-state index in [1.165, 1.54) is 10.7 Å². The molecule has 2 heterocycles. The molecule has 2 rings (SSSR count). The molecule has 1 aromatic heterocycles. The van der Waals surface area contributed by atoms with E-state index in [0.29, 0.717) is 31.6 Å². The number of nitrogens with zero attached hydrogens (tertiary/aromatic N) is 3. The Morgan fingerprint density at radius 2 is 2.38 bits per heavy atom. The van der Waals surface area contributed by atoms with Crippen LogP contribution < -0.4 is 5.32 Å². The van der Waals surface area contributed by atoms with Gasteiger partial charge in [0.15, 0.2) is 5.82 Å². The van der Waals surface area contributed by atoms with Gasteiger partial charge in [-0.15, -0.1) is 0 Å². The summed E-state index contributed by atoms with van der Waals surface area (Å²) in [5.74, 6) is 0.116. The van der Waals surface area contributed by atoms with Crippen LogP contribution in [0.1, 0.15) is 45.0 Å². The summed E-state index contributed by atoms with van der Waals surface area (Å²) < 4.78 is 30.3. The second-order valence-corrected chi connectivity index (χ2v) is 7.15. The SMILES string of the molecule is CCCS(=O)(=O)N1CCC[C@@H]1C(=O)N[C@@H](C)c1ncon1. The average Bonchev–Trinajstić information content (AvgIpc) is 3.10. The van der Waals surface area contributed by atoms with Crippen LogP contribution in [0.25, 0.3) is 0 Å². The Labute approximate surface area is 123 Å². The first-order valence-corrected chi connectivity index (χ1v) is 8.62. The Morgan fingerprint density at radius 3 is 3.00 bits per heavy atom. The van der Waals surface area contributed by atoms with Crippen LogP contribution in [0.5, 0.6) is 0 Å². The number of rotatable bonds is 6.